The highest BCUT2D eigenvalue weighted by Gasteiger charge is 2.61. The van der Waals surface area contributed by atoms with E-state index in [-0.39, 0.29) is 44.9 Å². The average molecular weight is 511 g/mol. The Hall–Kier alpha value is -0.808. The molecule has 4 N–H and O–H groups in total. The smallest absolute Gasteiger partial charge is 0.358 e. The van der Waals surface area contributed by atoms with Gasteiger partial charge in [0.05, 0.1) is 18.1 Å². The Labute approximate surface area is 208 Å². The lowest BCUT2D eigenvalue weighted by atomic mass is 9.77. The van der Waals surface area contributed by atoms with Crippen LogP contribution in [0.5, 0.6) is 0 Å². The highest BCUT2D eigenvalue weighted by molar-refractivity contribution is 7.32. The van der Waals surface area contributed by atoms with Crippen molar-refractivity contribution >= 4 is 37.1 Å². The third-order valence-electron chi connectivity index (χ3n) is 8.23. The molecule has 34 heavy (non-hydrogen) atoms. The number of piperazine rings is 1. The molecule has 0 aromatic carbocycles. The van der Waals surface area contributed by atoms with Gasteiger partial charge in [0, 0.05) is 44.7 Å². The molecule has 0 saturated carbocycles. The Morgan fingerprint density at radius 2 is 2.03 bits per heavy atom. The normalized spacial score (nSPS) is 29.0. The van der Waals surface area contributed by atoms with Crippen LogP contribution < -0.4 is 16.0 Å². The van der Waals surface area contributed by atoms with Gasteiger partial charge in [-0.25, -0.2) is 4.79 Å². The first-order valence-electron chi connectivity index (χ1n) is 12.8. The van der Waals surface area contributed by atoms with Crippen molar-refractivity contribution in [3.05, 3.63) is 11.3 Å². The summed E-state index contributed by atoms with van der Waals surface area (Å²) < 4.78 is 12.2. The number of β-lactam (4-membered cyclic amide) rings is 1. The van der Waals surface area contributed by atoms with Crippen LogP contribution in [0.4, 0.5) is 0 Å². The van der Waals surface area contributed by atoms with Crippen LogP contribution in [-0.2, 0) is 18.5 Å². The van der Waals surface area contributed by atoms with Gasteiger partial charge in [-0.05, 0) is 30.6 Å². The summed E-state index contributed by atoms with van der Waals surface area (Å²) in [6.45, 7) is 14.6. The van der Waals surface area contributed by atoms with E-state index in [1.54, 1.807) is 12.9 Å². The molecule has 1 amide bonds. The van der Waals surface area contributed by atoms with Gasteiger partial charge in [0.25, 0.3) is 0 Å². The van der Waals surface area contributed by atoms with E-state index in [2.05, 4.69) is 49.8 Å². The van der Waals surface area contributed by atoms with Crippen molar-refractivity contribution in [2.24, 2.45) is 17.6 Å². The summed E-state index contributed by atoms with van der Waals surface area (Å²) in [5, 5.41) is 3.40. The van der Waals surface area contributed by atoms with Crippen LogP contribution in [0, 0.1) is 11.8 Å². The minimum absolute atomic E-state index is 0.0130. The van der Waals surface area contributed by atoms with E-state index in [4.69, 9.17) is 14.7 Å². The van der Waals surface area contributed by atoms with Gasteiger partial charge in [-0.1, -0.05) is 27.7 Å². The molecule has 3 aliphatic rings. The highest BCUT2D eigenvalue weighted by atomic mass is 31.1. The fourth-order valence-corrected chi connectivity index (χ4v) is 9.13. The summed E-state index contributed by atoms with van der Waals surface area (Å²) in [6, 6.07) is 3.28. The van der Waals surface area contributed by atoms with E-state index in [0.29, 0.717) is 18.8 Å². The molecule has 6 atom stereocenters. The molecule has 2 unspecified atom stereocenters. The zero-order chi connectivity index (χ0) is 25.0. The summed E-state index contributed by atoms with van der Waals surface area (Å²) in [5.74, 6) is -0.604. The summed E-state index contributed by atoms with van der Waals surface area (Å²) in [5.41, 5.74) is 7.47. The second kappa shape index (κ2) is 12.0. The summed E-state index contributed by atoms with van der Waals surface area (Å²) in [7, 11) is -0.266. The van der Waals surface area contributed by atoms with Crippen LogP contribution in [0.1, 0.15) is 34.6 Å². The maximum Gasteiger partial charge on any atom is 0.358 e. The number of carbonyl (C=O) groups is 2. The molecule has 0 spiro atoms. The van der Waals surface area contributed by atoms with Gasteiger partial charge >= 0.3 is 5.97 Å². The number of rotatable bonds is 12. The molecule has 0 bridgehead atoms. The zero-order valence-electron chi connectivity index (χ0n) is 21.6. The molecule has 0 radical (unpaired) electrons. The van der Waals surface area contributed by atoms with Crippen molar-refractivity contribution in [2.75, 3.05) is 32.7 Å². The fraction of sp³-hybridized carbons (Fsp3) is 0.818. The summed E-state index contributed by atoms with van der Waals surface area (Å²) >= 11 is 0. The van der Waals surface area contributed by atoms with Gasteiger partial charge in [-0.3, -0.25) is 9.69 Å². The standard InChI is InChI=1S/C22H43BN5O4PSi/c1-6-34(7-2,8-3)32-15(5)18-19-14(4)17(13-27-10-9-25-12-16(27)11-24)20(28(19)21(18)29)22(30)31-33-26-23/h14-16,18-19,25-26,33H,6-13,23-24H2,1-5H3/t14-,15+,16?,18+,19+/m0/s1. The number of nitrogens with two attached hydrogens (primary N) is 1. The van der Waals surface area contributed by atoms with Crippen molar-refractivity contribution < 1.29 is 18.5 Å². The van der Waals surface area contributed by atoms with Gasteiger partial charge in [0.2, 0.25) is 5.91 Å². The predicted octanol–water partition coefficient (Wildman–Crippen LogP) is 0.549. The number of fused-ring (bicyclic) bond motifs is 1. The Kier molecular flexibility index (Phi) is 9.76. The summed E-state index contributed by atoms with van der Waals surface area (Å²) in [6.07, 6.45) is -0.158. The topological polar surface area (TPSA) is 109 Å². The van der Waals surface area contributed by atoms with Gasteiger partial charge in [-0.15, -0.1) is 0 Å². The fourth-order valence-electron chi connectivity index (χ4n) is 5.90. The lowest BCUT2D eigenvalue weighted by Crippen LogP contribution is -2.65. The van der Waals surface area contributed by atoms with Crippen molar-refractivity contribution in [3.8, 4) is 0 Å². The van der Waals surface area contributed by atoms with Gasteiger partial charge in [0.1, 0.15) is 14.7 Å². The van der Waals surface area contributed by atoms with Gasteiger partial charge in [0.15, 0.2) is 16.3 Å². The minimum atomic E-state index is -1.86. The van der Waals surface area contributed by atoms with E-state index in [0.717, 1.165) is 43.3 Å². The van der Waals surface area contributed by atoms with Crippen molar-refractivity contribution in [1.82, 2.24) is 20.1 Å². The third kappa shape index (κ3) is 5.17. The van der Waals surface area contributed by atoms with Crippen LogP contribution in [-0.4, -0.2) is 88.9 Å². The van der Waals surface area contributed by atoms with Crippen LogP contribution in [0.2, 0.25) is 18.1 Å². The zero-order valence-corrected chi connectivity index (χ0v) is 23.6. The maximum atomic E-state index is 13.5. The number of nitrogens with one attached hydrogen (secondary N) is 2. The molecule has 3 aliphatic heterocycles. The van der Waals surface area contributed by atoms with Crippen LogP contribution in [0.25, 0.3) is 0 Å². The quantitative estimate of drug-likeness (QED) is 0.198. The number of carbonyl (C=O) groups excluding carboxylic acids is 2. The largest absolute Gasteiger partial charge is 0.428 e. The third-order valence-corrected chi connectivity index (χ3v) is 13.5. The number of nitrogens with zero attached hydrogens (tertiary/aromatic N) is 2. The van der Waals surface area contributed by atoms with E-state index >= 15 is 0 Å². The molecule has 12 heteroatoms. The molecule has 3 heterocycles. The maximum absolute atomic E-state index is 13.5. The Bertz CT molecular complexity index is 778. The lowest BCUT2D eigenvalue weighted by molar-refractivity contribution is -0.161. The molecule has 9 nitrogen and oxygen atoms in total. The summed E-state index contributed by atoms with van der Waals surface area (Å²) in [4.78, 5) is 33.6. The molecular weight excluding hydrogens is 468 g/mol. The minimum Gasteiger partial charge on any atom is -0.428 e. The Morgan fingerprint density at radius 3 is 2.62 bits per heavy atom. The SMILES string of the molecule is BNPOC(=O)C1=C(CN2CCNCC2CN)[C@H](C)[C@@H]2[C@@H]([C@@H](C)O[Si](CC)(CC)CC)C(=O)N12. The Morgan fingerprint density at radius 1 is 1.35 bits per heavy atom. The monoisotopic (exact) mass is 511 g/mol. The lowest BCUT2D eigenvalue weighted by Gasteiger charge is -2.49. The second-order valence-corrected chi connectivity index (χ2v) is 15.4. The van der Waals surface area contributed by atoms with Crippen molar-refractivity contribution in [1.29, 1.82) is 0 Å². The molecule has 2 saturated heterocycles. The van der Waals surface area contributed by atoms with E-state index < -0.39 is 14.3 Å². The van der Waals surface area contributed by atoms with Gasteiger partial charge < -0.3 is 29.9 Å². The molecule has 0 aromatic heterocycles. The average Bonchev–Trinajstić information content (AvgIpc) is 3.09. The number of amides is 1. The highest BCUT2D eigenvalue weighted by Crippen LogP contribution is 2.49. The van der Waals surface area contributed by atoms with Crippen molar-refractivity contribution in [3.63, 3.8) is 0 Å². The first kappa shape index (κ1) is 27.8. The number of hydrogen-bond donors (Lipinski definition) is 3. The molecule has 0 aliphatic carbocycles. The number of hydrogen-bond acceptors (Lipinski definition) is 8. The molecular formula is C22H43BN5O4PSi. The predicted molar refractivity (Wildman–Crippen MR) is 141 cm³/mol. The van der Waals surface area contributed by atoms with Gasteiger partial charge in [-0.2, -0.15) is 0 Å². The molecule has 2 fully saturated rings. The molecule has 0 aromatic rings. The first-order valence-corrected chi connectivity index (χ1v) is 16.2. The van der Waals surface area contributed by atoms with Crippen molar-refractivity contribution in [2.45, 2.75) is 70.9 Å². The van der Waals surface area contributed by atoms with Crippen LogP contribution in [0.3, 0.4) is 0 Å². The van der Waals surface area contributed by atoms with Crippen LogP contribution >= 0.6 is 8.96 Å². The Balaban J connectivity index is 1.87. The van der Waals surface area contributed by atoms with E-state index in [9.17, 15) is 9.59 Å². The second-order valence-electron chi connectivity index (χ2n) is 9.76. The van der Waals surface area contributed by atoms with E-state index in [1.165, 1.54) is 0 Å². The molecule has 3 rings (SSSR count). The van der Waals surface area contributed by atoms with E-state index in [1.807, 2.05) is 0 Å². The molecule has 192 valence electrons. The van der Waals surface area contributed by atoms with Crippen LogP contribution in [0.15, 0.2) is 11.3 Å². The first-order chi connectivity index (χ1) is 16.3.